The second kappa shape index (κ2) is 2.68. The third kappa shape index (κ3) is 1.68. The summed E-state index contributed by atoms with van der Waals surface area (Å²) in [7, 11) is 6.09. The number of nitrogens with two attached hydrogens (primary N) is 1. The van der Waals surface area contributed by atoms with Crippen LogP contribution in [-0.2, 0) is 0 Å². The van der Waals surface area contributed by atoms with E-state index in [1.54, 1.807) is 12.1 Å². The number of aromatic hydroxyl groups is 1. The molecular formula is C9H15N2O+. The van der Waals surface area contributed by atoms with E-state index in [9.17, 15) is 0 Å². The molecule has 12 heavy (non-hydrogen) atoms. The topological polar surface area (TPSA) is 46.2 Å². The Hall–Kier alpha value is -1.22. The second-order valence-electron chi connectivity index (χ2n) is 3.76. The van der Waals surface area contributed by atoms with E-state index >= 15 is 0 Å². The highest BCUT2D eigenvalue weighted by Gasteiger charge is 2.15. The molecule has 0 atom stereocenters. The van der Waals surface area contributed by atoms with Gasteiger partial charge in [0.25, 0.3) is 0 Å². The molecule has 1 rings (SSSR count). The van der Waals surface area contributed by atoms with Gasteiger partial charge < -0.3 is 10.8 Å². The Balaban J connectivity index is 3.19. The Labute approximate surface area is 72.6 Å². The minimum absolute atomic E-state index is 0.213. The molecule has 0 radical (unpaired) electrons. The minimum Gasteiger partial charge on any atom is -0.508 e. The molecule has 0 amide bonds. The summed E-state index contributed by atoms with van der Waals surface area (Å²) < 4.78 is 0.659. The zero-order valence-electron chi connectivity index (χ0n) is 7.70. The van der Waals surface area contributed by atoms with Crippen LogP contribution in [0.25, 0.3) is 0 Å². The Morgan fingerprint density at radius 3 is 2.25 bits per heavy atom. The molecule has 0 unspecified atom stereocenters. The molecule has 0 aliphatic rings. The summed E-state index contributed by atoms with van der Waals surface area (Å²) in [6.07, 6.45) is 0. The highest BCUT2D eigenvalue weighted by Crippen LogP contribution is 2.28. The van der Waals surface area contributed by atoms with Gasteiger partial charge in [0.05, 0.1) is 26.8 Å². The van der Waals surface area contributed by atoms with E-state index in [0.29, 0.717) is 10.2 Å². The molecule has 66 valence electrons. The fraction of sp³-hybridized carbons (Fsp3) is 0.333. The number of nitrogen functional groups attached to an aromatic ring is 1. The van der Waals surface area contributed by atoms with Crippen molar-refractivity contribution in [3.8, 4) is 5.75 Å². The van der Waals surface area contributed by atoms with E-state index < -0.39 is 0 Å². The Morgan fingerprint density at radius 1 is 1.25 bits per heavy atom. The monoisotopic (exact) mass is 167 g/mol. The maximum atomic E-state index is 9.12. The Bertz CT molecular complexity index is 289. The molecule has 0 aliphatic carbocycles. The van der Waals surface area contributed by atoms with Crippen molar-refractivity contribution in [1.29, 1.82) is 0 Å². The summed E-state index contributed by atoms with van der Waals surface area (Å²) in [5.41, 5.74) is 7.37. The quantitative estimate of drug-likeness (QED) is 0.487. The molecule has 0 heterocycles. The average Bonchev–Trinajstić information content (AvgIpc) is 1.83. The summed E-state index contributed by atoms with van der Waals surface area (Å²) in [6, 6.07) is 5.05. The average molecular weight is 167 g/mol. The van der Waals surface area contributed by atoms with Gasteiger partial charge in [0.15, 0.2) is 5.69 Å². The Morgan fingerprint density at radius 2 is 1.83 bits per heavy atom. The molecule has 3 nitrogen and oxygen atoms in total. The van der Waals surface area contributed by atoms with Crippen molar-refractivity contribution in [3.63, 3.8) is 0 Å². The maximum Gasteiger partial charge on any atom is 0.155 e. The molecule has 3 N–H and O–H groups in total. The first-order valence-electron chi connectivity index (χ1n) is 3.82. The van der Waals surface area contributed by atoms with Gasteiger partial charge in [-0.1, -0.05) is 0 Å². The fourth-order valence-electron chi connectivity index (χ4n) is 1.15. The summed E-state index contributed by atoms with van der Waals surface area (Å²) in [6.45, 7) is 0. The molecule has 0 aromatic heterocycles. The third-order valence-electron chi connectivity index (χ3n) is 1.73. The smallest absolute Gasteiger partial charge is 0.155 e. The maximum absolute atomic E-state index is 9.12. The lowest BCUT2D eigenvalue weighted by molar-refractivity contribution is 0.470. The number of hydrogen-bond donors (Lipinski definition) is 2. The number of phenolic OH excluding ortho intramolecular Hbond substituents is 1. The number of anilines is 1. The highest BCUT2D eigenvalue weighted by atomic mass is 16.3. The second-order valence-corrected chi connectivity index (χ2v) is 3.76. The fourth-order valence-corrected chi connectivity index (χ4v) is 1.15. The normalized spacial score (nSPS) is 11.6. The number of rotatable bonds is 1. The standard InChI is InChI=1S/C9H14N2O/c1-11(2,3)9-5-4-7(12)6-8(9)10/h4-6H,10H2,1-3H3/p+1. The lowest BCUT2D eigenvalue weighted by Crippen LogP contribution is -2.35. The Kier molecular flexibility index (Phi) is 1.98. The first-order valence-corrected chi connectivity index (χ1v) is 3.82. The van der Waals surface area contributed by atoms with Gasteiger partial charge in [0.2, 0.25) is 0 Å². The molecule has 0 bridgehead atoms. The van der Waals surface area contributed by atoms with Crippen LogP contribution in [0.2, 0.25) is 0 Å². The molecule has 0 saturated carbocycles. The summed E-state index contributed by atoms with van der Waals surface area (Å²) in [5, 5.41) is 9.12. The number of phenols is 1. The molecular weight excluding hydrogens is 152 g/mol. The zero-order chi connectivity index (χ0) is 9.35. The van der Waals surface area contributed by atoms with Crippen LogP contribution < -0.4 is 10.2 Å². The first-order chi connectivity index (χ1) is 5.41. The first kappa shape index (κ1) is 8.87. The third-order valence-corrected chi connectivity index (χ3v) is 1.73. The van der Waals surface area contributed by atoms with E-state index in [1.807, 2.05) is 27.2 Å². The molecule has 0 saturated heterocycles. The van der Waals surface area contributed by atoms with Gasteiger partial charge in [-0.05, 0) is 6.07 Å². The molecule has 0 aliphatic heterocycles. The van der Waals surface area contributed by atoms with Gasteiger partial charge in [-0.15, -0.1) is 0 Å². The van der Waals surface area contributed by atoms with E-state index in [1.165, 1.54) is 0 Å². The van der Waals surface area contributed by atoms with Crippen LogP contribution in [0.5, 0.6) is 5.75 Å². The van der Waals surface area contributed by atoms with Crippen molar-refractivity contribution >= 4 is 11.4 Å². The molecule has 3 heteroatoms. The van der Waals surface area contributed by atoms with Crippen LogP contribution in [0.3, 0.4) is 0 Å². The van der Waals surface area contributed by atoms with E-state index in [-0.39, 0.29) is 5.75 Å². The molecule has 0 fully saturated rings. The van der Waals surface area contributed by atoms with Gasteiger partial charge in [0, 0.05) is 12.1 Å². The van der Waals surface area contributed by atoms with Crippen molar-refractivity contribution in [2.45, 2.75) is 0 Å². The summed E-state index contributed by atoms with van der Waals surface area (Å²) in [4.78, 5) is 0. The van der Waals surface area contributed by atoms with Gasteiger partial charge in [-0.3, -0.25) is 4.48 Å². The minimum atomic E-state index is 0.213. The van der Waals surface area contributed by atoms with Gasteiger partial charge >= 0.3 is 0 Å². The van der Waals surface area contributed by atoms with Crippen molar-refractivity contribution in [2.75, 3.05) is 26.9 Å². The molecule has 1 aromatic rings. The van der Waals surface area contributed by atoms with Crippen LogP contribution in [-0.4, -0.2) is 26.2 Å². The lowest BCUT2D eigenvalue weighted by atomic mass is 10.2. The summed E-state index contributed by atoms with van der Waals surface area (Å²) in [5.74, 6) is 0.213. The molecule has 0 spiro atoms. The van der Waals surface area contributed by atoms with Crippen molar-refractivity contribution in [3.05, 3.63) is 18.2 Å². The van der Waals surface area contributed by atoms with Crippen molar-refractivity contribution < 1.29 is 5.11 Å². The predicted octanol–water partition coefficient (Wildman–Crippen LogP) is 1.17. The zero-order valence-corrected chi connectivity index (χ0v) is 7.70. The van der Waals surface area contributed by atoms with Crippen molar-refractivity contribution in [2.24, 2.45) is 0 Å². The van der Waals surface area contributed by atoms with Crippen molar-refractivity contribution in [1.82, 2.24) is 4.48 Å². The number of hydrogen-bond acceptors (Lipinski definition) is 2. The number of benzene rings is 1. The van der Waals surface area contributed by atoms with Gasteiger partial charge in [0.1, 0.15) is 5.75 Å². The van der Waals surface area contributed by atoms with Crippen LogP contribution in [0.1, 0.15) is 0 Å². The molecule has 1 aromatic carbocycles. The van der Waals surface area contributed by atoms with Gasteiger partial charge in [-0.2, -0.15) is 0 Å². The van der Waals surface area contributed by atoms with E-state index in [2.05, 4.69) is 0 Å². The van der Waals surface area contributed by atoms with E-state index in [4.69, 9.17) is 10.8 Å². The summed E-state index contributed by atoms with van der Waals surface area (Å²) >= 11 is 0. The van der Waals surface area contributed by atoms with Crippen LogP contribution in [0.15, 0.2) is 18.2 Å². The SMILES string of the molecule is C[N+](C)(C)c1ccc(O)cc1N. The lowest BCUT2D eigenvalue weighted by Gasteiger charge is -2.24. The van der Waals surface area contributed by atoms with E-state index in [0.717, 1.165) is 5.69 Å². The number of nitrogens with zero attached hydrogens (tertiary/aromatic N) is 1. The largest absolute Gasteiger partial charge is 0.508 e. The predicted molar refractivity (Wildman–Crippen MR) is 52.1 cm³/mol. The van der Waals surface area contributed by atoms with Crippen LogP contribution in [0, 0.1) is 0 Å². The highest BCUT2D eigenvalue weighted by molar-refractivity contribution is 5.66. The number of quaternary nitrogens is 1. The van der Waals surface area contributed by atoms with Crippen LogP contribution in [0.4, 0.5) is 11.4 Å². The van der Waals surface area contributed by atoms with Gasteiger partial charge in [-0.25, -0.2) is 0 Å². The van der Waals surface area contributed by atoms with Crippen LogP contribution >= 0.6 is 0 Å².